The number of rotatable bonds is 1. The lowest BCUT2D eigenvalue weighted by Crippen LogP contribution is -2.07. The molecule has 0 N–H and O–H groups in total. The number of hydrogen-bond donors (Lipinski definition) is 0. The SMILES string of the molecule is [B]c1cc2c(Cl)ccnc2cc1OC. The van der Waals surface area contributed by atoms with Gasteiger partial charge in [-0.05, 0) is 6.07 Å². The minimum Gasteiger partial charge on any atom is -0.497 e. The highest BCUT2D eigenvalue weighted by Gasteiger charge is 2.04. The molecule has 0 saturated heterocycles. The molecule has 14 heavy (non-hydrogen) atoms. The average molecular weight is 203 g/mol. The molecule has 0 unspecified atom stereocenters. The van der Waals surface area contributed by atoms with Crippen LogP contribution in [-0.2, 0) is 0 Å². The third-order valence-corrected chi connectivity index (χ3v) is 2.37. The summed E-state index contributed by atoms with van der Waals surface area (Å²) < 4.78 is 5.08. The highest BCUT2D eigenvalue weighted by molar-refractivity contribution is 6.38. The Balaban J connectivity index is 2.79. The molecule has 4 heteroatoms. The smallest absolute Gasteiger partial charge is 0.119 e. The minimum absolute atomic E-state index is 0.565. The van der Waals surface area contributed by atoms with E-state index in [1.54, 1.807) is 31.5 Å². The van der Waals surface area contributed by atoms with Crippen molar-refractivity contribution in [2.45, 2.75) is 0 Å². The van der Waals surface area contributed by atoms with Gasteiger partial charge in [0.25, 0.3) is 0 Å². The Labute approximate surface area is 88.3 Å². The molecule has 2 radical (unpaired) electrons. The van der Waals surface area contributed by atoms with E-state index in [-0.39, 0.29) is 0 Å². The minimum atomic E-state index is 0.565. The highest BCUT2D eigenvalue weighted by Crippen LogP contribution is 2.23. The molecule has 2 rings (SSSR count). The Morgan fingerprint density at radius 2 is 2.21 bits per heavy atom. The Morgan fingerprint density at radius 3 is 2.93 bits per heavy atom. The molecule has 0 spiro atoms. The molecule has 0 fully saturated rings. The van der Waals surface area contributed by atoms with Crippen molar-refractivity contribution in [1.29, 1.82) is 0 Å². The Hall–Kier alpha value is -1.22. The quantitative estimate of drug-likeness (QED) is 0.658. The van der Waals surface area contributed by atoms with Crippen molar-refractivity contribution < 1.29 is 4.74 Å². The second-order valence-corrected chi connectivity index (χ2v) is 3.31. The van der Waals surface area contributed by atoms with Gasteiger partial charge < -0.3 is 4.74 Å². The van der Waals surface area contributed by atoms with Gasteiger partial charge >= 0.3 is 0 Å². The van der Waals surface area contributed by atoms with Crippen LogP contribution in [0.2, 0.25) is 5.02 Å². The van der Waals surface area contributed by atoms with Crippen LogP contribution in [0, 0.1) is 0 Å². The van der Waals surface area contributed by atoms with E-state index < -0.39 is 0 Å². The molecule has 1 aromatic carbocycles. The number of methoxy groups -OCH3 is 1. The van der Waals surface area contributed by atoms with Gasteiger partial charge in [-0.25, -0.2) is 0 Å². The summed E-state index contributed by atoms with van der Waals surface area (Å²) in [6.45, 7) is 0. The molecule has 0 atom stereocenters. The molecule has 0 amide bonds. The van der Waals surface area contributed by atoms with Crippen molar-refractivity contribution >= 4 is 35.8 Å². The molecule has 0 aliphatic carbocycles. The van der Waals surface area contributed by atoms with Crippen LogP contribution in [0.3, 0.4) is 0 Å². The summed E-state index contributed by atoms with van der Waals surface area (Å²) in [5.41, 5.74) is 1.35. The number of hydrogen-bond acceptors (Lipinski definition) is 2. The number of halogens is 1. The van der Waals surface area contributed by atoms with Gasteiger partial charge in [-0.3, -0.25) is 4.98 Å². The third kappa shape index (κ3) is 1.44. The molecule has 0 aliphatic heterocycles. The lowest BCUT2D eigenvalue weighted by Gasteiger charge is -2.07. The van der Waals surface area contributed by atoms with Gasteiger partial charge in [0.05, 0.1) is 17.6 Å². The summed E-state index contributed by atoms with van der Waals surface area (Å²) in [6, 6.07) is 5.27. The maximum absolute atomic E-state index is 5.99. The van der Waals surface area contributed by atoms with E-state index >= 15 is 0 Å². The molecule has 0 saturated carbocycles. The summed E-state index contributed by atoms with van der Waals surface area (Å²) >= 11 is 5.99. The summed E-state index contributed by atoms with van der Waals surface area (Å²) in [5.74, 6) is 0.618. The van der Waals surface area contributed by atoms with Crippen LogP contribution >= 0.6 is 11.6 Å². The fourth-order valence-electron chi connectivity index (χ4n) is 1.33. The van der Waals surface area contributed by atoms with E-state index in [0.29, 0.717) is 16.2 Å². The fraction of sp³-hybridized carbons (Fsp3) is 0.100. The Morgan fingerprint density at radius 1 is 1.43 bits per heavy atom. The van der Waals surface area contributed by atoms with E-state index in [4.69, 9.17) is 24.2 Å². The van der Waals surface area contributed by atoms with E-state index in [1.807, 2.05) is 0 Å². The van der Waals surface area contributed by atoms with Crippen molar-refractivity contribution in [1.82, 2.24) is 4.98 Å². The standard InChI is InChI=1S/C10H7BClNO/c1-14-10-5-9-6(4-7(10)11)8(12)2-3-13-9/h2-5H,1H3. The number of nitrogens with zero attached hydrogens (tertiary/aromatic N) is 1. The first kappa shape index (κ1) is 9.34. The summed E-state index contributed by atoms with van der Waals surface area (Å²) in [7, 11) is 7.33. The second-order valence-electron chi connectivity index (χ2n) is 2.90. The van der Waals surface area contributed by atoms with E-state index in [2.05, 4.69) is 4.98 Å². The van der Waals surface area contributed by atoms with Crippen molar-refractivity contribution in [3.63, 3.8) is 0 Å². The van der Waals surface area contributed by atoms with Gasteiger partial charge in [0.2, 0.25) is 0 Å². The Kier molecular flexibility index (Phi) is 2.34. The van der Waals surface area contributed by atoms with Crippen LogP contribution < -0.4 is 10.2 Å². The normalized spacial score (nSPS) is 10.4. The summed E-state index contributed by atoms with van der Waals surface area (Å²) in [5, 5.41) is 1.48. The van der Waals surface area contributed by atoms with E-state index in [9.17, 15) is 0 Å². The lowest BCUT2D eigenvalue weighted by molar-refractivity contribution is 0.418. The maximum Gasteiger partial charge on any atom is 0.119 e. The van der Waals surface area contributed by atoms with Crippen molar-refractivity contribution in [3.8, 4) is 5.75 Å². The predicted molar refractivity (Wildman–Crippen MR) is 58.7 cm³/mol. The first-order valence-corrected chi connectivity index (χ1v) is 4.48. The van der Waals surface area contributed by atoms with Crippen molar-refractivity contribution in [2.75, 3.05) is 7.11 Å². The molecule has 1 heterocycles. The van der Waals surface area contributed by atoms with Crippen LogP contribution in [0.1, 0.15) is 0 Å². The molecular formula is C10H7BClNO. The number of benzene rings is 1. The molecule has 0 aliphatic rings. The first-order valence-electron chi connectivity index (χ1n) is 4.10. The lowest BCUT2D eigenvalue weighted by atomic mass is 9.93. The molecule has 1 aromatic heterocycles. The van der Waals surface area contributed by atoms with Crippen LogP contribution in [0.15, 0.2) is 24.4 Å². The van der Waals surface area contributed by atoms with Gasteiger partial charge in [-0.1, -0.05) is 23.1 Å². The zero-order valence-corrected chi connectivity index (χ0v) is 8.38. The predicted octanol–water partition coefficient (Wildman–Crippen LogP) is 1.69. The van der Waals surface area contributed by atoms with Gasteiger partial charge in [0.1, 0.15) is 13.6 Å². The average Bonchev–Trinajstić information content (AvgIpc) is 2.19. The van der Waals surface area contributed by atoms with Gasteiger partial charge in [0, 0.05) is 17.6 Å². The molecule has 2 aromatic rings. The first-order chi connectivity index (χ1) is 6.72. The second kappa shape index (κ2) is 3.50. The third-order valence-electron chi connectivity index (χ3n) is 2.04. The maximum atomic E-state index is 5.99. The van der Waals surface area contributed by atoms with E-state index in [0.717, 1.165) is 10.9 Å². The zero-order valence-electron chi connectivity index (χ0n) is 7.62. The number of fused-ring (bicyclic) bond motifs is 1. The van der Waals surface area contributed by atoms with Gasteiger partial charge in [-0.15, -0.1) is 0 Å². The topological polar surface area (TPSA) is 22.1 Å². The highest BCUT2D eigenvalue weighted by atomic mass is 35.5. The molecule has 2 nitrogen and oxygen atoms in total. The largest absolute Gasteiger partial charge is 0.497 e. The molecule has 68 valence electrons. The monoisotopic (exact) mass is 203 g/mol. The summed E-state index contributed by atoms with van der Waals surface area (Å²) in [4.78, 5) is 4.17. The summed E-state index contributed by atoms with van der Waals surface area (Å²) in [6.07, 6.45) is 1.65. The number of pyridine rings is 1. The number of aromatic nitrogens is 1. The van der Waals surface area contributed by atoms with Gasteiger partial charge in [0.15, 0.2) is 0 Å². The van der Waals surface area contributed by atoms with Crippen LogP contribution in [0.25, 0.3) is 10.9 Å². The molecular weight excluding hydrogens is 196 g/mol. The van der Waals surface area contributed by atoms with Crippen LogP contribution in [0.4, 0.5) is 0 Å². The van der Waals surface area contributed by atoms with Crippen LogP contribution in [0.5, 0.6) is 5.75 Å². The van der Waals surface area contributed by atoms with Crippen LogP contribution in [-0.4, -0.2) is 19.9 Å². The molecule has 0 bridgehead atoms. The van der Waals surface area contributed by atoms with E-state index in [1.165, 1.54) is 0 Å². The number of ether oxygens (including phenoxy) is 1. The Bertz CT molecular complexity index is 487. The van der Waals surface area contributed by atoms with Crippen molar-refractivity contribution in [3.05, 3.63) is 29.4 Å². The van der Waals surface area contributed by atoms with Crippen molar-refractivity contribution in [2.24, 2.45) is 0 Å². The van der Waals surface area contributed by atoms with Gasteiger partial charge in [-0.2, -0.15) is 0 Å². The fourth-order valence-corrected chi connectivity index (χ4v) is 1.54. The zero-order chi connectivity index (χ0) is 10.1.